The van der Waals surface area contributed by atoms with Crippen molar-refractivity contribution in [1.82, 2.24) is 0 Å². The largest absolute Gasteiger partial charge is 0.494 e. The molecule has 0 saturated heterocycles. The number of hydrogen-bond acceptors (Lipinski definition) is 2. The van der Waals surface area contributed by atoms with E-state index in [1.165, 1.54) is 10.8 Å². The van der Waals surface area contributed by atoms with Crippen LogP contribution in [0.4, 0.5) is 0 Å². The lowest BCUT2D eigenvalue weighted by atomic mass is 10.1. The minimum atomic E-state index is -1.59. The molecule has 0 fully saturated rings. The Labute approximate surface area is 162 Å². The Morgan fingerprint density at radius 3 is 2.24 bits per heavy atom. The lowest BCUT2D eigenvalue weighted by molar-refractivity contribution is 0.264. The molecule has 0 radical (unpaired) electrons. The highest BCUT2D eigenvalue weighted by Crippen LogP contribution is 2.36. The number of ether oxygens (including phenoxy) is 1. The zero-order valence-electron chi connectivity index (χ0n) is 16.2. The number of rotatable bonds is 8. The summed E-state index contributed by atoms with van der Waals surface area (Å²) < 4.78 is 13.2. The van der Waals surface area contributed by atoms with E-state index >= 15 is 0 Å². The van der Waals surface area contributed by atoms with Crippen LogP contribution in [0.1, 0.15) is 40.0 Å². The van der Waals surface area contributed by atoms with Gasteiger partial charge in [-0.2, -0.15) is 0 Å². The van der Waals surface area contributed by atoms with Gasteiger partial charge in [-0.15, -0.1) is 0 Å². The number of halogens is 1. The molecule has 0 aromatic heterocycles. The van der Waals surface area contributed by atoms with Crippen LogP contribution >= 0.6 is 15.9 Å². The molecule has 138 valence electrons. The summed E-state index contributed by atoms with van der Waals surface area (Å²) in [6.45, 7) is 13.1. The van der Waals surface area contributed by atoms with Crippen LogP contribution in [0.25, 0.3) is 10.8 Å². The van der Waals surface area contributed by atoms with E-state index in [1.807, 2.05) is 0 Å². The predicted molar refractivity (Wildman–Crippen MR) is 114 cm³/mol. The summed E-state index contributed by atoms with van der Waals surface area (Å²) in [7, 11) is -1.59. The molecule has 0 bridgehead atoms. The van der Waals surface area contributed by atoms with E-state index in [2.05, 4.69) is 86.2 Å². The Hall–Kier alpha value is -0.843. The lowest BCUT2D eigenvalue weighted by Crippen LogP contribution is -2.40. The first-order valence-electron chi connectivity index (χ1n) is 9.15. The molecule has 4 heteroatoms. The maximum atomic E-state index is 6.21. The summed E-state index contributed by atoms with van der Waals surface area (Å²) in [5.74, 6) is 0.951. The zero-order chi connectivity index (χ0) is 18.5. The molecule has 0 aliphatic rings. The van der Waals surface area contributed by atoms with Gasteiger partial charge in [-0.3, -0.25) is 0 Å². The molecule has 0 unspecified atom stereocenters. The number of benzene rings is 2. The third-order valence-electron chi connectivity index (χ3n) is 5.10. The van der Waals surface area contributed by atoms with Crippen molar-refractivity contribution >= 4 is 35.0 Å². The van der Waals surface area contributed by atoms with Gasteiger partial charge in [-0.1, -0.05) is 48.8 Å². The van der Waals surface area contributed by atoms with Gasteiger partial charge in [0, 0.05) is 11.1 Å². The number of unbranched alkanes of at least 4 members (excludes halogenated alkanes) is 2. The highest BCUT2D eigenvalue weighted by molar-refractivity contribution is 9.10. The number of fused-ring (bicyclic) bond motifs is 1. The van der Waals surface area contributed by atoms with Crippen LogP contribution in [0, 0.1) is 0 Å². The van der Waals surface area contributed by atoms with Crippen molar-refractivity contribution in [3.05, 3.63) is 40.9 Å². The summed E-state index contributed by atoms with van der Waals surface area (Å²) in [6, 6.07) is 12.6. The van der Waals surface area contributed by atoms with Gasteiger partial charge in [0.15, 0.2) is 8.32 Å². The Morgan fingerprint density at radius 1 is 0.880 bits per heavy atom. The van der Waals surface area contributed by atoms with Crippen molar-refractivity contribution < 1.29 is 9.16 Å². The van der Waals surface area contributed by atoms with Crippen molar-refractivity contribution in [2.45, 2.75) is 58.2 Å². The Kier molecular flexibility index (Phi) is 7.12. The fourth-order valence-electron chi connectivity index (χ4n) is 2.40. The van der Waals surface area contributed by atoms with Gasteiger partial charge in [0.2, 0.25) is 0 Å². The van der Waals surface area contributed by atoms with Crippen molar-refractivity contribution in [1.29, 1.82) is 0 Å². The molecule has 2 rings (SSSR count). The molecule has 2 nitrogen and oxygen atoms in total. The third-order valence-corrected chi connectivity index (χ3v) is 10.1. The van der Waals surface area contributed by atoms with Crippen LogP contribution in [0.3, 0.4) is 0 Å². The van der Waals surface area contributed by atoms with Gasteiger partial charge in [0.1, 0.15) is 5.75 Å². The smallest absolute Gasteiger partial charge is 0.191 e. The normalized spacial score (nSPS) is 12.6. The number of hydrogen-bond donors (Lipinski definition) is 0. The standard InChI is InChI=1S/C21H31BrO2Si/c1-21(2,3)25(4,5)24-14-8-6-7-13-23-20-12-10-17-15-19(22)11-9-18(17)16-20/h9-12,15-16H,6-8,13-14H2,1-5H3. The Balaban J connectivity index is 1.67. The first kappa shape index (κ1) is 20.5. The molecule has 25 heavy (non-hydrogen) atoms. The molecule has 2 aromatic rings. The van der Waals surface area contributed by atoms with Crippen LogP contribution in [-0.4, -0.2) is 21.5 Å². The molecule has 0 atom stereocenters. The zero-order valence-corrected chi connectivity index (χ0v) is 18.8. The minimum absolute atomic E-state index is 0.293. The van der Waals surface area contributed by atoms with E-state index < -0.39 is 8.32 Å². The maximum Gasteiger partial charge on any atom is 0.191 e. The van der Waals surface area contributed by atoms with E-state index in [9.17, 15) is 0 Å². The molecule has 0 aliphatic carbocycles. The van der Waals surface area contributed by atoms with Crippen LogP contribution < -0.4 is 4.74 Å². The van der Waals surface area contributed by atoms with Crippen molar-refractivity contribution in [3.8, 4) is 5.75 Å². The van der Waals surface area contributed by atoms with Crippen molar-refractivity contribution in [2.75, 3.05) is 13.2 Å². The van der Waals surface area contributed by atoms with E-state index in [0.29, 0.717) is 5.04 Å². The molecule has 0 N–H and O–H groups in total. The molecule has 0 saturated carbocycles. The van der Waals surface area contributed by atoms with Crippen LogP contribution in [0.5, 0.6) is 5.75 Å². The van der Waals surface area contributed by atoms with Crippen LogP contribution in [-0.2, 0) is 4.43 Å². The van der Waals surface area contributed by atoms with Gasteiger partial charge in [-0.25, -0.2) is 0 Å². The van der Waals surface area contributed by atoms with Crippen molar-refractivity contribution in [3.63, 3.8) is 0 Å². The molecule has 0 amide bonds. The van der Waals surface area contributed by atoms with Gasteiger partial charge < -0.3 is 9.16 Å². The average molecular weight is 423 g/mol. The monoisotopic (exact) mass is 422 g/mol. The second-order valence-corrected chi connectivity index (χ2v) is 13.9. The summed E-state index contributed by atoms with van der Waals surface area (Å²) >= 11 is 3.51. The maximum absolute atomic E-state index is 6.21. The molecular weight excluding hydrogens is 392 g/mol. The second-order valence-electron chi connectivity index (χ2n) is 8.17. The highest BCUT2D eigenvalue weighted by Gasteiger charge is 2.36. The predicted octanol–water partition coefficient (Wildman–Crippen LogP) is 7.17. The first-order chi connectivity index (χ1) is 11.7. The molecular formula is C21H31BrO2Si. The van der Waals surface area contributed by atoms with Crippen LogP contribution in [0.2, 0.25) is 18.1 Å². The SMILES string of the molecule is CC(C)(C)[Si](C)(C)OCCCCCOc1ccc2cc(Br)ccc2c1. The quantitative estimate of drug-likeness (QED) is 0.331. The molecule has 0 aliphatic heterocycles. The van der Waals surface area contributed by atoms with Crippen LogP contribution in [0.15, 0.2) is 40.9 Å². The van der Waals surface area contributed by atoms with Crippen molar-refractivity contribution in [2.24, 2.45) is 0 Å². The average Bonchev–Trinajstić information content (AvgIpc) is 2.52. The fraction of sp³-hybridized carbons (Fsp3) is 0.524. The summed E-state index contributed by atoms with van der Waals surface area (Å²) in [6.07, 6.45) is 3.33. The van der Waals surface area contributed by atoms with Gasteiger partial charge in [0.25, 0.3) is 0 Å². The fourth-order valence-corrected chi connectivity index (χ4v) is 3.87. The summed E-state index contributed by atoms with van der Waals surface area (Å²) in [5, 5.41) is 2.73. The Bertz CT molecular complexity index is 692. The van der Waals surface area contributed by atoms with Gasteiger partial charge in [-0.05, 0) is 72.4 Å². The second kappa shape index (κ2) is 8.70. The Morgan fingerprint density at radius 2 is 1.52 bits per heavy atom. The molecule has 2 aromatic carbocycles. The van der Waals surface area contributed by atoms with E-state index in [1.54, 1.807) is 0 Å². The third kappa shape index (κ3) is 6.12. The van der Waals surface area contributed by atoms with E-state index in [4.69, 9.17) is 9.16 Å². The summed E-state index contributed by atoms with van der Waals surface area (Å²) in [4.78, 5) is 0. The highest BCUT2D eigenvalue weighted by atomic mass is 79.9. The lowest BCUT2D eigenvalue weighted by Gasteiger charge is -2.36. The van der Waals surface area contributed by atoms with E-state index in [0.717, 1.165) is 42.7 Å². The van der Waals surface area contributed by atoms with Gasteiger partial charge in [0.05, 0.1) is 6.61 Å². The van der Waals surface area contributed by atoms with E-state index in [-0.39, 0.29) is 0 Å². The topological polar surface area (TPSA) is 18.5 Å². The minimum Gasteiger partial charge on any atom is -0.494 e. The first-order valence-corrected chi connectivity index (χ1v) is 12.9. The van der Waals surface area contributed by atoms with Gasteiger partial charge >= 0.3 is 0 Å². The molecule has 0 spiro atoms. The molecule has 0 heterocycles. The summed E-state index contributed by atoms with van der Waals surface area (Å²) in [5.41, 5.74) is 0.